The molecule has 1 N–H and O–H groups in total. The third-order valence-electron chi connectivity index (χ3n) is 7.17. The first-order chi connectivity index (χ1) is 15.0. The van der Waals surface area contributed by atoms with Crippen LogP contribution in [0.15, 0.2) is 48.5 Å². The summed E-state index contributed by atoms with van der Waals surface area (Å²) in [6, 6.07) is 17.5. The fourth-order valence-corrected chi connectivity index (χ4v) is 4.81. The maximum absolute atomic E-state index is 12.9. The number of nitrogens with one attached hydrogen (secondary N) is 1. The standard InChI is InChI=1S/C27H37N3O/c1-20-4-8-25(9-5-20)30-18-14-24(15-19-30)27(31)28-22(3)23-6-10-26(11-7-23)29-16-12-21(2)13-17-29/h4-11,21-22,24H,12-19H2,1-3H3,(H,28,31)/t22-/m1/s1. The smallest absolute Gasteiger partial charge is 0.223 e. The molecular formula is C27H37N3O. The fourth-order valence-electron chi connectivity index (χ4n) is 4.81. The maximum Gasteiger partial charge on any atom is 0.223 e. The van der Waals surface area contributed by atoms with Crippen molar-refractivity contribution in [1.82, 2.24) is 5.32 Å². The number of nitrogens with zero attached hydrogens (tertiary/aromatic N) is 2. The van der Waals surface area contributed by atoms with Crippen molar-refractivity contribution in [1.29, 1.82) is 0 Å². The van der Waals surface area contributed by atoms with E-state index in [1.54, 1.807) is 0 Å². The van der Waals surface area contributed by atoms with E-state index < -0.39 is 0 Å². The molecule has 0 spiro atoms. The Morgan fingerprint density at radius 1 is 0.839 bits per heavy atom. The second kappa shape index (κ2) is 9.76. The van der Waals surface area contributed by atoms with E-state index in [1.165, 1.54) is 35.3 Å². The number of aryl methyl sites for hydroxylation is 1. The molecule has 0 aromatic heterocycles. The van der Waals surface area contributed by atoms with Crippen LogP contribution in [0.4, 0.5) is 11.4 Å². The summed E-state index contributed by atoms with van der Waals surface area (Å²) in [6.07, 6.45) is 4.38. The minimum Gasteiger partial charge on any atom is -0.372 e. The number of piperidine rings is 2. The van der Waals surface area contributed by atoms with Gasteiger partial charge in [-0.15, -0.1) is 0 Å². The first kappa shape index (κ1) is 21.7. The molecule has 4 heteroatoms. The largest absolute Gasteiger partial charge is 0.372 e. The Balaban J connectivity index is 1.27. The Kier molecular flexibility index (Phi) is 6.84. The Hall–Kier alpha value is -2.49. The number of carbonyl (C=O) groups excluding carboxylic acids is 1. The van der Waals surface area contributed by atoms with Crippen LogP contribution < -0.4 is 15.1 Å². The van der Waals surface area contributed by atoms with Crippen LogP contribution in [0, 0.1) is 18.8 Å². The second-order valence-electron chi connectivity index (χ2n) is 9.59. The van der Waals surface area contributed by atoms with E-state index in [2.05, 4.69) is 84.4 Å². The lowest BCUT2D eigenvalue weighted by atomic mass is 9.94. The van der Waals surface area contributed by atoms with Crippen LogP contribution >= 0.6 is 0 Å². The number of benzene rings is 2. The molecule has 2 aliphatic rings. The molecule has 4 rings (SSSR count). The normalized spacial score (nSPS) is 19.3. The molecule has 2 heterocycles. The number of rotatable bonds is 5. The topological polar surface area (TPSA) is 35.6 Å². The van der Waals surface area contributed by atoms with Crippen LogP contribution in [-0.2, 0) is 4.79 Å². The van der Waals surface area contributed by atoms with Gasteiger partial charge in [0.25, 0.3) is 0 Å². The van der Waals surface area contributed by atoms with Crippen LogP contribution in [0.2, 0.25) is 0 Å². The molecule has 2 aromatic rings. The summed E-state index contributed by atoms with van der Waals surface area (Å²) < 4.78 is 0. The van der Waals surface area contributed by atoms with Crippen molar-refractivity contribution < 1.29 is 4.79 Å². The molecule has 0 aliphatic carbocycles. The van der Waals surface area contributed by atoms with Gasteiger partial charge in [-0.1, -0.05) is 36.8 Å². The molecule has 0 saturated carbocycles. The van der Waals surface area contributed by atoms with Crippen molar-refractivity contribution >= 4 is 17.3 Å². The van der Waals surface area contributed by atoms with Gasteiger partial charge < -0.3 is 15.1 Å². The zero-order valence-electron chi connectivity index (χ0n) is 19.3. The van der Waals surface area contributed by atoms with Gasteiger partial charge in [0.15, 0.2) is 0 Å². The molecular weight excluding hydrogens is 382 g/mol. The van der Waals surface area contributed by atoms with E-state index in [4.69, 9.17) is 0 Å². The van der Waals surface area contributed by atoms with E-state index in [0.29, 0.717) is 0 Å². The predicted octanol–water partition coefficient (Wildman–Crippen LogP) is 5.33. The highest BCUT2D eigenvalue weighted by molar-refractivity contribution is 5.79. The summed E-state index contributed by atoms with van der Waals surface area (Å²) in [5.74, 6) is 1.15. The highest BCUT2D eigenvalue weighted by atomic mass is 16.1. The van der Waals surface area contributed by atoms with E-state index in [-0.39, 0.29) is 17.9 Å². The average molecular weight is 420 g/mol. The first-order valence-corrected chi connectivity index (χ1v) is 12.0. The number of carbonyl (C=O) groups is 1. The first-order valence-electron chi connectivity index (χ1n) is 12.0. The minimum absolute atomic E-state index is 0.0399. The molecule has 0 bridgehead atoms. The van der Waals surface area contributed by atoms with E-state index in [9.17, 15) is 4.79 Å². The van der Waals surface area contributed by atoms with Crippen LogP contribution in [0.25, 0.3) is 0 Å². The Labute approximate surface area is 187 Å². The lowest BCUT2D eigenvalue weighted by Gasteiger charge is -2.33. The van der Waals surface area contributed by atoms with E-state index in [0.717, 1.165) is 44.9 Å². The van der Waals surface area contributed by atoms with Gasteiger partial charge in [0.1, 0.15) is 0 Å². The third kappa shape index (κ3) is 5.41. The molecule has 1 amide bonds. The summed E-state index contributed by atoms with van der Waals surface area (Å²) in [6.45, 7) is 10.7. The van der Waals surface area contributed by atoms with Crippen LogP contribution in [0.5, 0.6) is 0 Å². The second-order valence-corrected chi connectivity index (χ2v) is 9.59. The van der Waals surface area contributed by atoms with Gasteiger partial charge >= 0.3 is 0 Å². The van der Waals surface area contributed by atoms with E-state index >= 15 is 0 Å². The number of amides is 1. The van der Waals surface area contributed by atoms with Crippen LogP contribution in [0.1, 0.15) is 56.7 Å². The number of hydrogen-bond acceptors (Lipinski definition) is 3. The van der Waals surface area contributed by atoms with E-state index in [1.807, 2.05) is 0 Å². The summed E-state index contributed by atoms with van der Waals surface area (Å²) in [5, 5.41) is 3.26. The fraction of sp³-hybridized carbons (Fsp3) is 0.519. The lowest BCUT2D eigenvalue weighted by molar-refractivity contribution is -0.126. The highest BCUT2D eigenvalue weighted by Gasteiger charge is 2.26. The zero-order chi connectivity index (χ0) is 21.8. The molecule has 1 atom stereocenters. The Bertz CT molecular complexity index is 845. The van der Waals surface area contributed by atoms with Crippen LogP contribution in [-0.4, -0.2) is 32.1 Å². The molecule has 2 fully saturated rings. The number of hydrogen-bond donors (Lipinski definition) is 1. The minimum atomic E-state index is 0.0399. The monoisotopic (exact) mass is 419 g/mol. The SMILES string of the molecule is Cc1ccc(N2CCC(C(=O)N[C@H](C)c3ccc(N4CCC(C)CC4)cc3)CC2)cc1. The molecule has 31 heavy (non-hydrogen) atoms. The quantitative estimate of drug-likeness (QED) is 0.712. The average Bonchev–Trinajstić information content (AvgIpc) is 2.80. The van der Waals surface area contributed by atoms with Gasteiger partial charge in [-0.2, -0.15) is 0 Å². The van der Waals surface area contributed by atoms with Gasteiger partial charge in [0.05, 0.1) is 6.04 Å². The van der Waals surface area contributed by atoms with Crippen molar-refractivity contribution in [2.75, 3.05) is 36.0 Å². The molecule has 0 radical (unpaired) electrons. The molecule has 166 valence electrons. The highest BCUT2D eigenvalue weighted by Crippen LogP contribution is 2.26. The van der Waals surface area contributed by atoms with Crippen molar-refractivity contribution in [3.05, 3.63) is 59.7 Å². The summed E-state index contributed by atoms with van der Waals surface area (Å²) in [7, 11) is 0. The Morgan fingerprint density at radius 2 is 1.32 bits per heavy atom. The predicted molar refractivity (Wildman–Crippen MR) is 130 cm³/mol. The molecule has 2 saturated heterocycles. The van der Waals surface area contributed by atoms with Crippen molar-refractivity contribution in [3.63, 3.8) is 0 Å². The van der Waals surface area contributed by atoms with Gasteiger partial charge in [0, 0.05) is 43.5 Å². The van der Waals surface area contributed by atoms with Crippen molar-refractivity contribution in [2.24, 2.45) is 11.8 Å². The third-order valence-corrected chi connectivity index (χ3v) is 7.17. The zero-order valence-corrected chi connectivity index (χ0v) is 19.3. The van der Waals surface area contributed by atoms with Gasteiger partial charge in [-0.05, 0) is 75.3 Å². The molecule has 0 unspecified atom stereocenters. The molecule has 4 nitrogen and oxygen atoms in total. The van der Waals surface area contributed by atoms with Gasteiger partial charge in [-0.25, -0.2) is 0 Å². The van der Waals surface area contributed by atoms with Gasteiger partial charge in [0.2, 0.25) is 5.91 Å². The summed E-state index contributed by atoms with van der Waals surface area (Å²) in [5.41, 5.74) is 5.03. The van der Waals surface area contributed by atoms with Crippen molar-refractivity contribution in [3.8, 4) is 0 Å². The molecule has 2 aromatic carbocycles. The van der Waals surface area contributed by atoms with Crippen molar-refractivity contribution in [2.45, 2.75) is 52.5 Å². The number of anilines is 2. The maximum atomic E-state index is 12.9. The molecule has 2 aliphatic heterocycles. The Morgan fingerprint density at radius 3 is 1.87 bits per heavy atom. The lowest BCUT2D eigenvalue weighted by Crippen LogP contribution is -2.41. The van der Waals surface area contributed by atoms with Crippen LogP contribution in [0.3, 0.4) is 0 Å². The van der Waals surface area contributed by atoms with Gasteiger partial charge in [-0.3, -0.25) is 4.79 Å². The summed E-state index contributed by atoms with van der Waals surface area (Å²) >= 11 is 0. The summed E-state index contributed by atoms with van der Waals surface area (Å²) in [4.78, 5) is 17.8.